The normalized spacial score (nSPS) is 18.5. The van der Waals surface area contributed by atoms with E-state index in [2.05, 4.69) is 66.4 Å². The zero-order chi connectivity index (χ0) is 12.4. The second-order valence-electron chi connectivity index (χ2n) is 5.30. The Morgan fingerprint density at radius 2 is 1.72 bits per heavy atom. The van der Waals surface area contributed by atoms with Gasteiger partial charge in [-0.1, -0.05) is 55.5 Å². The van der Waals surface area contributed by atoms with E-state index in [1.54, 1.807) is 0 Å². The van der Waals surface area contributed by atoms with Crippen molar-refractivity contribution in [2.24, 2.45) is 5.92 Å². The lowest BCUT2D eigenvalue weighted by molar-refractivity contribution is 0.530. The number of hydrogen-bond donors (Lipinski definition) is 0. The predicted molar refractivity (Wildman–Crippen MR) is 76.8 cm³/mol. The van der Waals surface area contributed by atoms with Crippen molar-refractivity contribution < 1.29 is 0 Å². The van der Waals surface area contributed by atoms with Gasteiger partial charge in [0.05, 0.1) is 0 Å². The van der Waals surface area contributed by atoms with E-state index in [0.29, 0.717) is 0 Å². The Morgan fingerprint density at radius 3 is 2.56 bits per heavy atom. The molecule has 0 amide bonds. The molecular weight excluding hydrogens is 218 g/mol. The van der Waals surface area contributed by atoms with Crippen LogP contribution in [-0.2, 0) is 13.0 Å². The van der Waals surface area contributed by atoms with Crippen molar-refractivity contribution in [3.8, 4) is 0 Å². The summed E-state index contributed by atoms with van der Waals surface area (Å²) in [6.07, 6.45) is 1.21. The zero-order valence-corrected chi connectivity index (χ0v) is 10.8. The van der Waals surface area contributed by atoms with Crippen molar-refractivity contribution in [1.82, 2.24) is 0 Å². The highest BCUT2D eigenvalue weighted by Crippen LogP contribution is 2.30. The summed E-state index contributed by atoms with van der Waals surface area (Å²) in [5.74, 6) is 0.739. The van der Waals surface area contributed by atoms with Crippen molar-refractivity contribution in [2.75, 3.05) is 11.4 Å². The fourth-order valence-electron chi connectivity index (χ4n) is 2.86. The van der Waals surface area contributed by atoms with Gasteiger partial charge in [-0.3, -0.25) is 0 Å². The van der Waals surface area contributed by atoms with E-state index < -0.39 is 0 Å². The van der Waals surface area contributed by atoms with Crippen LogP contribution in [0.4, 0.5) is 5.69 Å². The van der Waals surface area contributed by atoms with Crippen LogP contribution in [0.15, 0.2) is 54.6 Å². The summed E-state index contributed by atoms with van der Waals surface area (Å²) in [5, 5.41) is 0. The molecule has 18 heavy (non-hydrogen) atoms. The number of hydrogen-bond acceptors (Lipinski definition) is 1. The zero-order valence-electron chi connectivity index (χ0n) is 10.8. The molecule has 1 atom stereocenters. The highest BCUT2D eigenvalue weighted by Gasteiger charge is 2.20. The van der Waals surface area contributed by atoms with E-state index in [4.69, 9.17) is 0 Å². The van der Waals surface area contributed by atoms with Crippen LogP contribution in [0.2, 0.25) is 0 Å². The Balaban J connectivity index is 1.89. The van der Waals surface area contributed by atoms with E-state index >= 15 is 0 Å². The Labute approximate surface area is 109 Å². The second kappa shape index (κ2) is 4.85. The molecule has 0 fully saturated rings. The molecular formula is C17H19N. The summed E-state index contributed by atoms with van der Waals surface area (Å²) in [5.41, 5.74) is 4.30. The Morgan fingerprint density at radius 1 is 1.00 bits per heavy atom. The maximum absolute atomic E-state index is 2.51. The predicted octanol–water partition coefficient (Wildman–Crippen LogP) is 3.89. The molecule has 0 saturated carbocycles. The molecule has 0 aliphatic carbocycles. The average molecular weight is 237 g/mol. The SMILES string of the molecule is CC1Cc2ccccc2N(Cc2ccccc2)C1. The first-order valence-electron chi connectivity index (χ1n) is 6.70. The number of para-hydroxylation sites is 1. The van der Waals surface area contributed by atoms with E-state index in [1.165, 1.54) is 23.2 Å². The van der Waals surface area contributed by atoms with Crippen LogP contribution in [0, 0.1) is 5.92 Å². The molecule has 0 radical (unpaired) electrons. The fourth-order valence-corrected chi connectivity index (χ4v) is 2.86. The third kappa shape index (κ3) is 2.26. The molecule has 1 heterocycles. The van der Waals surface area contributed by atoms with Crippen LogP contribution >= 0.6 is 0 Å². The van der Waals surface area contributed by atoms with Gasteiger partial charge in [0, 0.05) is 18.8 Å². The largest absolute Gasteiger partial charge is 0.367 e. The number of nitrogens with zero attached hydrogens (tertiary/aromatic N) is 1. The molecule has 0 bridgehead atoms. The lowest BCUT2D eigenvalue weighted by Gasteiger charge is -2.35. The average Bonchev–Trinajstić information content (AvgIpc) is 2.40. The van der Waals surface area contributed by atoms with Crippen LogP contribution in [0.3, 0.4) is 0 Å². The standard InChI is InChI=1S/C17H19N/c1-14-11-16-9-5-6-10-17(16)18(12-14)13-15-7-3-2-4-8-15/h2-10,14H,11-13H2,1H3. The summed E-state index contributed by atoms with van der Waals surface area (Å²) in [7, 11) is 0. The fraction of sp³-hybridized carbons (Fsp3) is 0.294. The molecule has 92 valence electrons. The molecule has 2 aromatic carbocycles. The number of benzene rings is 2. The third-order valence-corrected chi connectivity index (χ3v) is 3.65. The molecule has 2 aromatic rings. The van der Waals surface area contributed by atoms with Gasteiger partial charge in [0.25, 0.3) is 0 Å². The smallest absolute Gasteiger partial charge is 0.0429 e. The first-order chi connectivity index (χ1) is 8.83. The summed E-state index contributed by atoms with van der Waals surface area (Å²) in [4.78, 5) is 2.51. The van der Waals surface area contributed by atoms with Gasteiger partial charge in [0.2, 0.25) is 0 Å². The first kappa shape index (κ1) is 11.3. The maximum Gasteiger partial charge on any atom is 0.0429 e. The molecule has 1 aliphatic rings. The van der Waals surface area contributed by atoms with Gasteiger partial charge in [0.15, 0.2) is 0 Å². The maximum atomic E-state index is 2.51. The minimum absolute atomic E-state index is 0.739. The summed E-state index contributed by atoms with van der Waals surface area (Å²) in [6.45, 7) is 4.52. The Hall–Kier alpha value is -1.76. The first-order valence-corrected chi connectivity index (χ1v) is 6.70. The summed E-state index contributed by atoms with van der Waals surface area (Å²) < 4.78 is 0. The van der Waals surface area contributed by atoms with Gasteiger partial charge in [-0.15, -0.1) is 0 Å². The van der Waals surface area contributed by atoms with Crippen molar-refractivity contribution in [3.05, 3.63) is 65.7 Å². The van der Waals surface area contributed by atoms with Crippen LogP contribution in [0.5, 0.6) is 0 Å². The second-order valence-corrected chi connectivity index (χ2v) is 5.30. The Bertz CT molecular complexity index is 518. The minimum Gasteiger partial charge on any atom is -0.367 e. The van der Waals surface area contributed by atoms with Crippen LogP contribution in [0.25, 0.3) is 0 Å². The van der Waals surface area contributed by atoms with Crippen molar-refractivity contribution in [1.29, 1.82) is 0 Å². The number of fused-ring (bicyclic) bond motifs is 1. The molecule has 0 aromatic heterocycles. The van der Waals surface area contributed by atoms with Gasteiger partial charge in [-0.25, -0.2) is 0 Å². The lowest BCUT2D eigenvalue weighted by atomic mass is 9.93. The molecule has 0 spiro atoms. The van der Waals surface area contributed by atoms with Crippen LogP contribution < -0.4 is 4.90 Å². The van der Waals surface area contributed by atoms with E-state index in [0.717, 1.165) is 19.0 Å². The minimum atomic E-state index is 0.739. The molecule has 1 aliphatic heterocycles. The molecule has 3 rings (SSSR count). The van der Waals surface area contributed by atoms with Crippen molar-refractivity contribution in [2.45, 2.75) is 19.9 Å². The topological polar surface area (TPSA) is 3.24 Å². The third-order valence-electron chi connectivity index (χ3n) is 3.65. The quantitative estimate of drug-likeness (QED) is 0.766. The van der Waals surface area contributed by atoms with Crippen LogP contribution in [0.1, 0.15) is 18.1 Å². The summed E-state index contributed by atoms with van der Waals surface area (Å²) in [6, 6.07) is 19.6. The monoisotopic (exact) mass is 237 g/mol. The van der Waals surface area contributed by atoms with Gasteiger partial charge >= 0.3 is 0 Å². The van der Waals surface area contributed by atoms with Crippen molar-refractivity contribution in [3.63, 3.8) is 0 Å². The highest BCUT2D eigenvalue weighted by molar-refractivity contribution is 5.56. The van der Waals surface area contributed by atoms with Gasteiger partial charge in [-0.05, 0) is 29.5 Å². The Kier molecular flexibility index (Phi) is 3.06. The number of anilines is 1. The number of rotatable bonds is 2. The van der Waals surface area contributed by atoms with Crippen molar-refractivity contribution >= 4 is 5.69 Å². The molecule has 1 heteroatoms. The molecule has 0 saturated heterocycles. The lowest BCUT2D eigenvalue weighted by Crippen LogP contribution is -2.33. The van der Waals surface area contributed by atoms with E-state index in [9.17, 15) is 0 Å². The van der Waals surface area contributed by atoms with E-state index in [-0.39, 0.29) is 0 Å². The molecule has 0 N–H and O–H groups in total. The van der Waals surface area contributed by atoms with Gasteiger partial charge in [-0.2, -0.15) is 0 Å². The van der Waals surface area contributed by atoms with Gasteiger partial charge < -0.3 is 4.90 Å². The van der Waals surface area contributed by atoms with Gasteiger partial charge in [0.1, 0.15) is 0 Å². The molecule has 1 nitrogen and oxygen atoms in total. The molecule has 1 unspecified atom stereocenters. The highest BCUT2D eigenvalue weighted by atomic mass is 15.1. The van der Waals surface area contributed by atoms with Crippen LogP contribution in [-0.4, -0.2) is 6.54 Å². The summed E-state index contributed by atoms with van der Waals surface area (Å²) >= 11 is 0. The van der Waals surface area contributed by atoms with E-state index in [1.807, 2.05) is 0 Å².